The lowest BCUT2D eigenvalue weighted by atomic mass is 10.1. The Balaban J connectivity index is 2.20. The lowest BCUT2D eigenvalue weighted by Crippen LogP contribution is -1.99. The van der Waals surface area contributed by atoms with E-state index in [0.717, 1.165) is 22.2 Å². The first-order valence-corrected chi connectivity index (χ1v) is 5.96. The molecule has 0 atom stereocenters. The van der Waals surface area contributed by atoms with E-state index in [1.165, 1.54) is 4.80 Å². The number of nitrogens with zero attached hydrogens (tertiary/aromatic N) is 3. The first kappa shape index (κ1) is 11.5. The van der Waals surface area contributed by atoms with Gasteiger partial charge in [-0.25, -0.2) is 0 Å². The summed E-state index contributed by atoms with van der Waals surface area (Å²) in [7, 11) is 0. The molecule has 2 aromatic carbocycles. The topological polar surface area (TPSA) is 50.9 Å². The van der Waals surface area contributed by atoms with Gasteiger partial charge in [-0.1, -0.05) is 30.4 Å². The fourth-order valence-electron chi connectivity index (χ4n) is 1.92. The van der Waals surface area contributed by atoms with Crippen molar-refractivity contribution in [2.24, 2.45) is 0 Å². The van der Waals surface area contributed by atoms with E-state index in [2.05, 4.69) is 16.8 Å². The molecule has 1 N–H and O–H groups in total. The van der Waals surface area contributed by atoms with Crippen molar-refractivity contribution in [3.05, 3.63) is 54.6 Å². The number of allylic oxidation sites excluding steroid dienone is 1. The molecule has 19 heavy (non-hydrogen) atoms. The first-order chi connectivity index (χ1) is 9.15. The Labute approximate surface area is 110 Å². The highest BCUT2D eigenvalue weighted by molar-refractivity contribution is 5.74. The molecular formula is C15H13N3O. The van der Waals surface area contributed by atoms with Gasteiger partial charge in [0, 0.05) is 0 Å². The molecule has 0 spiro atoms. The monoisotopic (exact) mass is 251 g/mol. The average molecular weight is 251 g/mol. The van der Waals surface area contributed by atoms with Gasteiger partial charge in [0.15, 0.2) is 0 Å². The van der Waals surface area contributed by atoms with Crippen molar-refractivity contribution < 1.29 is 5.11 Å². The predicted molar refractivity (Wildman–Crippen MR) is 75.2 cm³/mol. The molecule has 0 aliphatic rings. The number of benzene rings is 2. The summed E-state index contributed by atoms with van der Waals surface area (Å²) in [5.41, 5.74) is 4.02. The molecule has 0 amide bonds. The SMILES string of the molecule is C=C(C)c1ccc(O)c(-n2nc3ccccc3n2)c1. The third-order valence-corrected chi connectivity index (χ3v) is 2.97. The van der Waals surface area contributed by atoms with Crippen molar-refractivity contribution in [1.82, 2.24) is 15.0 Å². The number of fused-ring (bicyclic) bond motifs is 1. The lowest BCUT2D eigenvalue weighted by molar-refractivity contribution is 0.467. The van der Waals surface area contributed by atoms with Crippen molar-refractivity contribution in [2.45, 2.75) is 6.92 Å². The Bertz CT molecular complexity index is 741. The molecule has 0 fully saturated rings. The highest BCUT2D eigenvalue weighted by Crippen LogP contribution is 2.25. The smallest absolute Gasteiger partial charge is 0.143 e. The molecule has 4 nitrogen and oxygen atoms in total. The van der Waals surface area contributed by atoms with Crippen molar-refractivity contribution >= 4 is 16.6 Å². The molecule has 94 valence electrons. The van der Waals surface area contributed by atoms with Gasteiger partial charge in [0.1, 0.15) is 22.5 Å². The number of aromatic nitrogens is 3. The minimum Gasteiger partial charge on any atom is -0.506 e. The van der Waals surface area contributed by atoms with Crippen LogP contribution in [-0.4, -0.2) is 20.1 Å². The molecule has 3 rings (SSSR count). The third-order valence-electron chi connectivity index (χ3n) is 2.97. The van der Waals surface area contributed by atoms with E-state index in [-0.39, 0.29) is 5.75 Å². The molecule has 0 aliphatic carbocycles. The van der Waals surface area contributed by atoms with Gasteiger partial charge in [-0.2, -0.15) is 0 Å². The summed E-state index contributed by atoms with van der Waals surface area (Å²) in [5, 5.41) is 18.7. The minimum absolute atomic E-state index is 0.144. The van der Waals surface area contributed by atoms with Crippen molar-refractivity contribution in [3.8, 4) is 11.4 Å². The van der Waals surface area contributed by atoms with Crippen molar-refractivity contribution in [2.75, 3.05) is 0 Å². The fraction of sp³-hybridized carbons (Fsp3) is 0.0667. The summed E-state index contributed by atoms with van der Waals surface area (Å²) in [6.45, 7) is 5.82. The van der Waals surface area contributed by atoms with Crippen molar-refractivity contribution in [1.29, 1.82) is 0 Å². The Kier molecular flexibility index (Phi) is 2.56. The zero-order valence-corrected chi connectivity index (χ0v) is 10.5. The summed E-state index contributed by atoms with van der Waals surface area (Å²) in [6.07, 6.45) is 0. The van der Waals surface area contributed by atoms with Crippen LogP contribution in [0.2, 0.25) is 0 Å². The van der Waals surface area contributed by atoms with Gasteiger partial charge < -0.3 is 5.11 Å². The maximum Gasteiger partial charge on any atom is 0.143 e. The molecule has 0 saturated heterocycles. The van der Waals surface area contributed by atoms with Crippen LogP contribution in [0.1, 0.15) is 12.5 Å². The van der Waals surface area contributed by atoms with E-state index in [1.807, 2.05) is 43.3 Å². The van der Waals surface area contributed by atoms with Gasteiger partial charge in [-0.15, -0.1) is 15.0 Å². The van der Waals surface area contributed by atoms with Crippen LogP contribution in [0.15, 0.2) is 49.0 Å². The van der Waals surface area contributed by atoms with E-state index in [4.69, 9.17) is 0 Å². The van der Waals surface area contributed by atoms with Gasteiger partial charge >= 0.3 is 0 Å². The minimum atomic E-state index is 0.144. The van der Waals surface area contributed by atoms with Gasteiger partial charge in [0.05, 0.1) is 0 Å². The molecule has 0 unspecified atom stereocenters. The molecule has 1 heterocycles. The highest BCUT2D eigenvalue weighted by atomic mass is 16.3. The van der Waals surface area contributed by atoms with Crippen LogP contribution in [0.4, 0.5) is 0 Å². The summed E-state index contributed by atoms with van der Waals surface area (Å²) in [5.74, 6) is 0.144. The van der Waals surface area contributed by atoms with Crippen LogP contribution in [0, 0.1) is 0 Å². The second-order valence-electron chi connectivity index (χ2n) is 4.46. The zero-order valence-electron chi connectivity index (χ0n) is 10.5. The van der Waals surface area contributed by atoms with Gasteiger partial charge in [0.25, 0.3) is 0 Å². The second kappa shape index (κ2) is 4.24. The van der Waals surface area contributed by atoms with Gasteiger partial charge in [-0.05, 0) is 36.8 Å². The Morgan fingerprint density at radius 3 is 2.32 bits per heavy atom. The third kappa shape index (κ3) is 1.97. The highest BCUT2D eigenvalue weighted by Gasteiger charge is 2.09. The number of phenolic OH excluding ortho intramolecular Hbond substituents is 1. The Morgan fingerprint density at radius 1 is 1.11 bits per heavy atom. The number of rotatable bonds is 2. The summed E-state index contributed by atoms with van der Waals surface area (Å²) >= 11 is 0. The van der Waals surface area contributed by atoms with E-state index in [9.17, 15) is 5.11 Å². The van der Waals surface area contributed by atoms with Crippen LogP contribution < -0.4 is 0 Å². The normalized spacial score (nSPS) is 10.8. The molecular weight excluding hydrogens is 238 g/mol. The molecule has 4 heteroatoms. The average Bonchev–Trinajstić information content (AvgIpc) is 2.82. The molecule has 0 bridgehead atoms. The molecule has 3 aromatic rings. The van der Waals surface area contributed by atoms with Gasteiger partial charge in [-0.3, -0.25) is 0 Å². The van der Waals surface area contributed by atoms with E-state index in [1.54, 1.807) is 6.07 Å². The molecule has 0 radical (unpaired) electrons. The summed E-state index contributed by atoms with van der Waals surface area (Å²) < 4.78 is 0. The standard InChI is InChI=1S/C15H13N3O/c1-10(2)11-7-8-15(19)14(9-11)18-16-12-5-3-4-6-13(12)17-18/h3-9,19H,1H2,2H3. The lowest BCUT2D eigenvalue weighted by Gasteiger charge is -2.06. The fourth-order valence-corrected chi connectivity index (χ4v) is 1.92. The molecule has 0 saturated carbocycles. The zero-order chi connectivity index (χ0) is 13.4. The summed E-state index contributed by atoms with van der Waals surface area (Å²) in [4.78, 5) is 1.45. The number of hydrogen-bond donors (Lipinski definition) is 1. The maximum atomic E-state index is 9.96. The first-order valence-electron chi connectivity index (χ1n) is 5.96. The van der Waals surface area contributed by atoms with Crippen LogP contribution in [0.25, 0.3) is 22.3 Å². The largest absolute Gasteiger partial charge is 0.506 e. The van der Waals surface area contributed by atoms with Gasteiger partial charge in [0.2, 0.25) is 0 Å². The van der Waals surface area contributed by atoms with Crippen LogP contribution in [-0.2, 0) is 0 Å². The van der Waals surface area contributed by atoms with Crippen LogP contribution in [0.5, 0.6) is 5.75 Å². The maximum absolute atomic E-state index is 9.96. The van der Waals surface area contributed by atoms with Crippen LogP contribution >= 0.6 is 0 Å². The van der Waals surface area contributed by atoms with Crippen LogP contribution in [0.3, 0.4) is 0 Å². The second-order valence-corrected chi connectivity index (χ2v) is 4.46. The summed E-state index contributed by atoms with van der Waals surface area (Å²) in [6, 6.07) is 12.9. The molecule has 0 aliphatic heterocycles. The number of phenols is 1. The predicted octanol–water partition coefficient (Wildman–Crippen LogP) is 3.16. The number of aromatic hydroxyl groups is 1. The molecule has 1 aromatic heterocycles. The van der Waals surface area contributed by atoms with Crippen molar-refractivity contribution in [3.63, 3.8) is 0 Å². The van der Waals surface area contributed by atoms with E-state index >= 15 is 0 Å². The number of hydrogen-bond acceptors (Lipinski definition) is 3. The quantitative estimate of drug-likeness (QED) is 0.761. The van der Waals surface area contributed by atoms with E-state index in [0.29, 0.717) is 5.69 Å². The Morgan fingerprint density at radius 2 is 1.74 bits per heavy atom. The van der Waals surface area contributed by atoms with E-state index < -0.39 is 0 Å². The Hall–Kier alpha value is -2.62.